The van der Waals surface area contributed by atoms with Crippen LogP contribution in [0.5, 0.6) is 11.5 Å². The van der Waals surface area contributed by atoms with Crippen LogP contribution in [0.4, 0.5) is 0 Å². The van der Waals surface area contributed by atoms with Gasteiger partial charge in [0.25, 0.3) is 0 Å². The molecule has 0 unspecified atom stereocenters. The van der Waals surface area contributed by atoms with Crippen LogP contribution in [0.2, 0.25) is 0 Å². The third kappa shape index (κ3) is 3.80. The lowest BCUT2D eigenvalue weighted by Crippen LogP contribution is -2.03. The van der Waals surface area contributed by atoms with Gasteiger partial charge in [0, 0.05) is 23.1 Å². The van der Waals surface area contributed by atoms with E-state index in [1.54, 1.807) is 41.7 Å². The Balaban J connectivity index is 1.49. The van der Waals surface area contributed by atoms with E-state index in [-0.39, 0.29) is 11.5 Å². The Hall–Kier alpha value is -3.44. The molecule has 1 aliphatic rings. The first-order chi connectivity index (χ1) is 13.6. The number of thiophene rings is 1. The fourth-order valence-electron chi connectivity index (χ4n) is 2.76. The number of aryl methyl sites for hydroxylation is 1. The van der Waals surface area contributed by atoms with Crippen molar-refractivity contribution >= 4 is 35.2 Å². The lowest BCUT2D eigenvalue weighted by atomic mass is 10.1. The Bertz CT molecular complexity index is 1110. The van der Waals surface area contributed by atoms with Crippen LogP contribution < -0.4 is 9.47 Å². The smallest absolute Gasteiger partial charge is 0.336 e. The van der Waals surface area contributed by atoms with E-state index in [1.165, 1.54) is 6.08 Å². The summed E-state index contributed by atoms with van der Waals surface area (Å²) in [6, 6.07) is 16.2. The molecule has 2 aromatic carbocycles. The number of benzene rings is 2. The van der Waals surface area contributed by atoms with Crippen molar-refractivity contribution in [3.05, 3.63) is 93.4 Å². The molecule has 0 aliphatic carbocycles. The van der Waals surface area contributed by atoms with Gasteiger partial charge in [-0.05, 0) is 47.7 Å². The van der Waals surface area contributed by atoms with Crippen LogP contribution in [0.3, 0.4) is 0 Å². The molecule has 0 saturated heterocycles. The molecule has 4 nitrogen and oxygen atoms in total. The highest BCUT2D eigenvalue weighted by molar-refractivity contribution is 7.11. The molecule has 0 N–H and O–H groups in total. The van der Waals surface area contributed by atoms with Gasteiger partial charge in [0.15, 0.2) is 5.76 Å². The maximum Gasteiger partial charge on any atom is 0.336 e. The van der Waals surface area contributed by atoms with Gasteiger partial charge in [-0.3, -0.25) is 4.79 Å². The van der Waals surface area contributed by atoms with E-state index >= 15 is 0 Å². The normalized spacial score (nSPS) is 14.3. The highest BCUT2D eigenvalue weighted by Crippen LogP contribution is 2.35. The minimum atomic E-state index is -0.502. The summed E-state index contributed by atoms with van der Waals surface area (Å²) in [4.78, 5) is 25.5. The van der Waals surface area contributed by atoms with E-state index in [1.807, 2.05) is 48.7 Å². The summed E-state index contributed by atoms with van der Waals surface area (Å²) < 4.78 is 11.0. The van der Waals surface area contributed by atoms with Crippen molar-refractivity contribution in [3.8, 4) is 11.5 Å². The molecule has 2 heterocycles. The molecule has 0 atom stereocenters. The molecule has 0 saturated carbocycles. The van der Waals surface area contributed by atoms with E-state index in [0.717, 1.165) is 16.0 Å². The molecule has 138 valence electrons. The molecule has 5 heteroatoms. The Labute approximate surface area is 166 Å². The predicted octanol–water partition coefficient (Wildman–Crippen LogP) is 5.29. The third-order valence-electron chi connectivity index (χ3n) is 4.24. The van der Waals surface area contributed by atoms with Gasteiger partial charge in [0.1, 0.15) is 11.5 Å². The van der Waals surface area contributed by atoms with Gasteiger partial charge in [-0.25, -0.2) is 4.79 Å². The average Bonchev–Trinajstić information content (AvgIpc) is 3.24. The first kappa shape index (κ1) is 17.9. The van der Waals surface area contributed by atoms with Gasteiger partial charge in [0.05, 0.1) is 5.56 Å². The van der Waals surface area contributed by atoms with Gasteiger partial charge in [-0.1, -0.05) is 30.3 Å². The Morgan fingerprint density at radius 3 is 2.68 bits per heavy atom. The number of carbonyl (C=O) groups is 2. The number of hydrogen-bond donors (Lipinski definition) is 0. The lowest BCUT2D eigenvalue weighted by molar-refractivity contribution is -0.128. The standard InChI is InChI=1S/C23H16O4S/c1-15-11-12-28-21(15)14-20-23(25)18-9-8-17(13-19(18)27-20)26-22(24)10-7-16-5-3-2-4-6-16/h2-14H,1H3/b10-7+,20-14+. The Morgan fingerprint density at radius 2 is 1.93 bits per heavy atom. The fraction of sp³-hybridized carbons (Fsp3) is 0.0435. The summed E-state index contributed by atoms with van der Waals surface area (Å²) in [5.41, 5.74) is 2.45. The molecule has 1 aliphatic heterocycles. The van der Waals surface area contributed by atoms with Crippen LogP contribution in [-0.4, -0.2) is 11.8 Å². The molecule has 3 aromatic rings. The number of ketones is 1. The number of esters is 1. The number of carbonyl (C=O) groups excluding carboxylic acids is 2. The van der Waals surface area contributed by atoms with Crippen molar-refractivity contribution in [2.45, 2.75) is 6.92 Å². The second-order valence-corrected chi connectivity index (χ2v) is 7.18. The molecule has 4 rings (SSSR count). The molecule has 0 radical (unpaired) electrons. The molecular weight excluding hydrogens is 372 g/mol. The summed E-state index contributed by atoms with van der Waals surface area (Å²) in [6.07, 6.45) is 4.79. The summed E-state index contributed by atoms with van der Waals surface area (Å²) in [6.45, 7) is 1.98. The van der Waals surface area contributed by atoms with E-state index in [4.69, 9.17) is 9.47 Å². The second kappa shape index (κ2) is 7.66. The monoisotopic (exact) mass is 388 g/mol. The van der Waals surface area contributed by atoms with Crippen LogP contribution in [-0.2, 0) is 4.79 Å². The van der Waals surface area contributed by atoms with Crippen LogP contribution in [0, 0.1) is 6.92 Å². The number of ether oxygens (including phenoxy) is 2. The van der Waals surface area contributed by atoms with E-state index in [0.29, 0.717) is 17.1 Å². The fourth-order valence-corrected chi connectivity index (χ4v) is 3.61. The van der Waals surface area contributed by atoms with Gasteiger partial charge in [-0.15, -0.1) is 11.3 Å². The second-order valence-electron chi connectivity index (χ2n) is 6.23. The number of fused-ring (bicyclic) bond motifs is 1. The first-order valence-electron chi connectivity index (χ1n) is 8.67. The zero-order chi connectivity index (χ0) is 19.5. The van der Waals surface area contributed by atoms with Crippen LogP contribution in [0.15, 0.2) is 71.8 Å². The van der Waals surface area contributed by atoms with Crippen molar-refractivity contribution in [2.24, 2.45) is 0 Å². The quantitative estimate of drug-likeness (QED) is 0.346. The summed E-state index contributed by atoms with van der Waals surface area (Å²) in [5, 5.41) is 1.97. The molecule has 1 aromatic heterocycles. The van der Waals surface area contributed by atoms with E-state index in [9.17, 15) is 9.59 Å². The van der Waals surface area contributed by atoms with Gasteiger partial charge < -0.3 is 9.47 Å². The number of allylic oxidation sites excluding steroid dienone is 1. The average molecular weight is 388 g/mol. The molecule has 0 spiro atoms. The summed E-state index contributed by atoms with van der Waals surface area (Å²) >= 11 is 1.55. The maximum absolute atomic E-state index is 12.5. The van der Waals surface area contributed by atoms with Crippen molar-refractivity contribution in [1.29, 1.82) is 0 Å². The van der Waals surface area contributed by atoms with Gasteiger partial charge >= 0.3 is 5.97 Å². The third-order valence-corrected chi connectivity index (χ3v) is 5.20. The minimum absolute atomic E-state index is 0.176. The van der Waals surface area contributed by atoms with Crippen molar-refractivity contribution in [2.75, 3.05) is 0 Å². The number of rotatable bonds is 4. The summed E-state index contributed by atoms with van der Waals surface area (Å²) in [5.74, 6) is 0.307. The molecule has 0 fully saturated rings. The maximum atomic E-state index is 12.5. The highest BCUT2D eigenvalue weighted by atomic mass is 32.1. The number of hydrogen-bond acceptors (Lipinski definition) is 5. The van der Waals surface area contributed by atoms with Crippen LogP contribution in [0.1, 0.15) is 26.4 Å². The van der Waals surface area contributed by atoms with Crippen molar-refractivity contribution in [1.82, 2.24) is 0 Å². The zero-order valence-corrected chi connectivity index (χ0v) is 15.9. The predicted molar refractivity (Wildman–Crippen MR) is 110 cm³/mol. The topological polar surface area (TPSA) is 52.6 Å². The van der Waals surface area contributed by atoms with Crippen molar-refractivity contribution in [3.63, 3.8) is 0 Å². The van der Waals surface area contributed by atoms with Gasteiger partial charge in [-0.2, -0.15) is 0 Å². The van der Waals surface area contributed by atoms with Crippen LogP contribution in [0.25, 0.3) is 12.2 Å². The largest absolute Gasteiger partial charge is 0.452 e. The first-order valence-corrected chi connectivity index (χ1v) is 9.55. The molecular formula is C23H16O4S. The minimum Gasteiger partial charge on any atom is -0.452 e. The van der Waals surface area contributed by atoms with Crippen LogP contribution >= 0.6 is 11.3 Å². The Kier molecular flexibility index (Phi) is 4.91. The number of Topliss-reactive ketones (excluding diaryl/α,β-unsaturated/α-hetero) is 1. The Morgan fingerprint density at radius 1 is 1.11 bits per heavy atom. The van der Waals surface area contributed by atoms with E-state index < -0.39 is 5.97 Å². The summed E-state index contributed by atoms with van der Waals surface area (Å²) in [7, 11) is 0. The zero-order valence-electron chi connectivity index (χ0n) is 15.0. The van der Waals surface area contributed by atoms with Gasteiger partial charge in [0.2, 0.25) is 5.78 Å². The highest BCUT2D eigenvalue weighted by Gasteiger charge is 2.28. The lowest BCUT2D eigenvalue weighted by Gasteiger charge is -2.03. The van der Waals surface area contributed by atoms with E-state index in [2.05, 4.69) is 0 Å². The molecule has 28 heavy (non-hydrogen) atoms. The molecule has 0 amide bonds. The molecule has 0 bridgehead atoms. The SMILES string of the molecule is Cc1ccsc1/C=C1/Oc2cc(OC(=O)/C=C/c3ccccc3)ccc2C1=O. The van der Waals surface area contributed by atoms with Crippen molar-refractivity contribution < 1.29 is 19.1 Å².